The number of halogens is 3. The van der Waals surface area contributed by atoms with E-state index in [1.165, 1.54) is 25.2 Å². The number of hydrogen-bond donors (Lipinski definition) is 2. The highest BCUT2D eigenvalue weighted by molar-refractivity contribution is 5.93. The second kappa shape index (κ2) is 7.17. The van der Waals surface area contributed by atoms with Crippen LogP contribution < -0.4 is 10.5 Å². The molecule has 2 aromatic rings. The molecule has 0 unspecified atom stereocenters. The fraction of sp³-hybridized carbons (Fsp3) is 0.167. The van der Waals surface area contributed by atoms with Crippen molar-refractivity contribution in [2.75, 3.05) is 0 Å². The van der Waals surface area contributed by atoms with Crippen LogP contribution in [0, 0.1) is 11.2 Å². The summed E-state index contributed by atoms with van der Waals surface area (Å²) in [6.07, 6.45) is 0. The topological polar surface area (TPSA) is 76.9 Å². The second-order valence-electron chi connectivity index (χ2n) is 3.58. The molecule has 0 aliphatic heterocycles. The van der Waals surface area contributed by atoms with E-state index in [-0.39, 0.29) is 23.2 Å². The molecule has 0 bridgehead atoms. The molecule has 0 saturated carbocycles. The lowest BCUT2D eigenvalue weighted by molar-refractivity contribution is -0.0553. The van der Waals surface area contributed by atoms with Crippen LogP contribution in [0.15, 0.2) is 36.4 Å². The Morgan fingerprint density at radius 2 is 1.95 bits per heavy atom. The van der Waals surface area contributed by atoms with Gasteiger partial charge in [-0.25, -0.2) is 9.07 Å². The summed E-state index contributed by atoms with van der Waals surface area (Å²) in [7, 11) is 1.42. The van der Waals surface area contributed by atoms with Crippen LogP contribution >= 0.6 is 0 Å². The van der Waals surface area contributed by atoms with Crippen molar-refractivity contribution >= 4 is 5.84 Å². The number of alkyl halides is 2. The number of ether oxygens (including phenoxy) is 1. The summed E-state index contributed by atoms with van der Waals surface area (Å²) in [5.41, 5.74) is 5.20. The number of benzene rings is 1. The Labute approximate surface area is 113 Å². The van der Waals surface area contributed by atoms with Gasteiger partial charge in [0.2, 0.25) is 5.88 Å². The highest BCUT2D eigenvalue weighted by Gasteiger charge is 2.12. The lowest BCUT2D eigenvalue weighted by Crippen LogP contribution is -2.12. The Balaban J connectivity index is 0.000000240. The molecule has 108 valence electrons. The minimum atomic E-state index is -2.91. The quantitative estimate of drug-likeness (QED) is 0.670. The summed E-state index contributed by atoms with van der Waals surface area (Å²) >= 11 is 0. The maximum absolute atomic E-state index is 11.9. The van der Waals surface area contributed by atoms with Crippen molar-refractivity contribution in [1.29, 1.82) is 5.41 Å². The van der Waals surface area contributed by atoms with Crippen molar-refractivity contribution < 1.29 is 17.9 Å². The smallest absolute Gasteiger partial charge is 0.388 e. The van der Waals surface area contributed by atoms with E-state index in [0.717, 1.165) is 4.68 Å². The van der Waals surface area contributed by atoms with E-state index in [4.69, 9.17) is 11.1 Å². The molecule has 0 saturated heterocycles. The number of rotatable bonds is 3. The predicted octanol–water partition coefficient (Wildman–Crippen LogP) is 2.13. The van der Waals surface area contributed by atoms with Gasteiger partial charge in [0.1, 0.15) is 17.3 Å². The van der Waals surface area contributed by atoms with Gasteiger partial charge in [-0.1, -0.05) is 18.2 Å². The molecular formula is C12H13F3N4O. The SMILES string of the molecule is Cn1nc(C(=N)N)cc1OC(F)F.Fc1ccccc1. The summed E-state index contributed by atoms with van der Waals surface area (Å²) in [4.78, 5) is 0. The van der Waals surface area contributed by atoms with E-state index in [0.29, 0.717) is 0 Å². The molecule has 2 rings (SSSR count). The van der Waals surface area contributed by atoms with Gasteiger partial charge >= 0.3 is 6.61 Å². The monoisotopic (exact) mass is 286 g/mol. The molecule has 3 N–H and O–H groups in total. The number of aromatic nitrogens is 2. The lowest BCUT2D eigenvalue weighted by Gasteiger charge is -2.01. The Morgan fingerprint density at radius 1 is 1.35 bits per heavy atom. The molecule has 0 atom stereocenters. The second-order valence-corrected chi connectivity index (χ2v) is 3.58. The largest absolute Gasteiger partial charge is 0.417 e. The Bertz CT molecular complexity index is 557. The lowest BCUT2D eigenvalue weighted by atomic mass is 10.4. The highest BCUT2D eigenvalue weighted by atomic mass is 19.3. The summed E-state index contributed by atoms with van der Waals surface area (Å²) in [6.45, 7) is -2.91. The van der Waals surface area contributed by atoms with Crippen LogP contribution in [0.25, 0.3) is 0 Å². The minimum absolute atomic E-state index is 0.109. The Hall–Kier alpha value is -2.51. The van der Waals surface area contributed by atoms with Crippen LogP contribution in [-0.4, -0.2) is 22.2 Å². The summed E-state index contributed by atoms with van der Waals surface area (Å²) in [6, 6.07) is 9.11. The zero-order valence-corrected chi connectivity index (χ0v) is 10.6. The van der Waals surface area contributed by atoms with Gasteiger partial charge in [-0.05, 0) is 12.1 Å². The molecule has 1 aromatic carbocycles. The van der Waals surface area contributed by atoms with E-state index >= 15 is 0 Å². The van der Waals surface area contributed by atoms with Crippen LogP contribution in [0.5, 0.6) is 5.88 Å². The molecular weight excluding hydrogens is 273 g/mol. The van der Waals surface area contributed by atoms with E-state index in [1.807, 2.05) is 0 Å². The fourth-order valence-corrected chi connectivity index (χ4v) is 1.20. The van der Waals surface area contributed by atoms with Crippen molar-refractivity contribution in [3.63, 3.8) is 0 Å². The summed E-state index contributed by atoms with van der Waals surface area (Å²) in [5.74, 6) is -0.595. The summed E-state index contributed by atoms with van der Waals surface area (Å²) in [5, 5.41) is 10.7. The van der Waals surface area contributed by atoms with Crippen molar-refractivity contribution in [2.45, 2.75) is 6.61 Å². The van der Waals surface area contributed by atoms with Gasteiger partial charge in [0, 0.05) is 13.1 Å². The average molecular weight is 286 g/mol. The van der Waals surface area contributed by atoms with Crippen LogP contribution in [0.4, 0.5) is 13.2 Å². The van der Waals surface area contributed by atoms with Crippen LogP contribution in [0.3, 0.4) is 0 Å². The normalized spacial score (nSPS) is 9.85. The predicted molar refractivity (Wildman–Crippen MR) is 67.3 cm³/mol. The van der Waals surface area contributed by atoms with Crippen LogP contribution in [-0.2, 0) is 7.05 Å². The maximum Gasteiger partial charge on any atom is 0.388 e. The molecule has 1 aromatic heterocycles. The van der Waals surface area contributed by atoms with Gasteiger partial charge < -0.3 is 10.5 Å². The molecule has 0 aliphatic carbocycles. The number of nitrogens with two attached hydrogens (primary N) is 1. The Morgan fingerprint density at radius 3 is 2.30 bits per heavy atom. The first kappa shape index (κ1) is 15.5. The van der Waals surface area contributed by atoms with Gasteiger partial charge in [0.25, 0.3) is 0 Å². The van der Waals surface area contributed by atoms with Crippen molar-refractivity contribution in [3.8, 4) is 5.88 Å². The van der Waals surface area contributed by atoms with E-state index in [2.05, 4.69) is 9.84 Å². The van der Waals surface area contributed by atoms with E-state index in [1.54, 1.807) is 18.2 Å². The average Bonchev–Trinajstić information content (AvgIpc) is 2.72. The molecule has 1 heterocycles. The fourth-order valence-electron chi connectivity index (χ4n) is 1.20. The highest BCUT2D eigenvalue weighted by Crippen LogP contribution is 2.14. The first-order chi connectivity index (χ1) is 9.40. The summed E-state index contributed by atoms with van der Waals surface area (Å²) < 4.78 is 40.6. The van der Waals surface area contributed by atoms with Crippen molar-refractivity contribution in [2.24, 2.45) is 12.8 Å². The third-order valence-corrected chi connectivity index (χ3v) is 2.06. The number of nitrogens with one attached hydrogen (secondary N) is 1. The first-order valence-electron chi connectivity index (χ1n) is 5.44. The number of nitrogens with zero attached hydrogens (tertiary/aromatic N) is 2. The van der Waals surface area contributed by atoms with Crippen LogP contribution in [0.2, 0.25) is 0 Å². The number of amidine groups is 1. The van der Waals surface area contributed by atoms with Crippen molar-refractivity contribution in [3.05, 3.63) is 47.9 Å². The zero-order valence-electron chi connectivity index (χ0n) is 10.6. The zero-order chi connectivity index (χ0) is 15.1. The van der Waals surface area contributed by atoms with Gasteiger partial charge in [0.05, 0.1) is 0 Å². The van der Waals surface area contributed by atoms with Gasteiger partial charge in [-0.15, -0.1) is 0 Å². The van der Waals surface area contributed by atoms with E-state index < -0.39 is 6.61 Å². The molecule has 0 radical (unpaired) electrons. The molecule has 8 heteroatoms. The maximum atomic E-state index is 11.9. The van der Waals surface area contributed by atoms with Gasteiger partial charge in [-0.2, -0.15) is 13.9 Å². The first-order valence-corrected chi connectivity index (χ1v) is 5.44. The number of aryl methyl sites for hydroxylation is 1. The van der Waals surface area contributed by atoms with Gasteiger partial charge in [0.15, 0.2) is 0 Å². The molecule has 0 amide bonds. The standard InChI is InChI=1S/C6H8F2N4O.C6H5F/c1-12-4(13-6(7)8)2-3(11-12)5(9)10;7-6-4-2-1-3-5-6/h2,6H,1H3,(H3,9,10);1-5H. The number of hydrogen-bond acceptors (Lipinski definition) is 3. The third kappa shape index (κ3) is 5.01. The minimum Gasteiger partial charge on any atom is -0.417 e. The van der Waals surface area contributed by atoms with Gasteiger partial charge in [-0.3, -0.25) is 5.41 Å². The van der Waals surface area contributed by atoms with E-state index in [9.17, 15) is 13.2 Å². The van der Waals surface area contributed by atoms with Crippen LogP contribution in [0.1, 0.15) is 5.69 Å². The molecule has 0 spiro atoms. The molecule has 0 aliphatic rings. The molecule has 5 nitrogen and oxygen atoms in total. The third-order valence-electron chi connectivity index (χ3n) is 2.06. The number of nitrogen functional groups attached to an aromatic ring is 1. The molecule has 20 heavy (non-hydrogen) atoms. The molecule has 0 fully saturated rings. The van der Waals surface area contributed by atoms with Crippen molar-refractivity contribution in [1.82, 2.24) is 9.78 Å². The Kier molecular flexibility index (Phi) is 5.57.